The van der Waals surface area contributed by atoms with Gasteiger partial charge >= 0.3 is 5.97 Å². The number of nitrogens with zero attached hydrogens (tertiary/aromatic N) is 1. The van der Waals surface area contributed by atoms with Crippen LogP contribution in [0.3, 0.4) is 0 Å². The van der Waals surface area contributed by atoms with Crippen molar-refractivity contribution >= 4 is 51.3 Å². The molecule has 0 heterocycles. The third-order valence-electron chi connectivity index (χ3n) is 5.38. The van der Waals surface area contributed by atoms with Crippen LogP contribution in [0.5, 0.6) is 11.5 Å². The number of rotatable bonds is 13. The molecule has 7 nitrogen and oxygen atoms in total. The monoisotopic (exact) mass is 591 g/mol. The van der Waals surface area contributed by atoms with Crippen LogP contribution in [0.25, 0.3) is 0 Å². The van der Waals surface area contributed by atoms with E-state index in [1.807, 2.05) is 42.5 Å². The van der Waals surface area contributed by atoms with E-state index in [4.69, 9.17) is 9.47 Å². The predicted octanol–water partition coefficient (Wildman–Crippen LogP) is 7.96. The molecule has 0 aliphatic carbocycles. The second kappa shape index (κ2) is 14.6. The van der Waals surface area contributed by atoms with Crippen LogP contribution in [0.15, 0.2) is 88.7 Å². The summed E-state index contributed by atoms with van der Waals surface area (Å²) in [5.74, 6) is 0.459. The minimum Gasteiger partial charge on any atom is -0.497 e. The zero-order chi connectivity index (χ0) is 27.5. The molecule has 0 radical (unpaired) electrons. The van der Waals surface area contributed by atoms with E-state index in [0.717, 1.165) is 40.1 Å². The number of ether oxygens (including phenoxy) is 2. The summed E-state index contributed by atoms with van der Waals surface area (Å²) in [6.45, 7) is 1.70. The first kappa shape index (κ1) is 30.0. The number of amides is 1. The highest BCUT2D eigenvalue weighted by Crippen LogP contribution is 2.74. The summed E-state index contributed by atoms with van der Waals surface area (Å²) in [5, 5.41) is 9.52. The number of carbonyl (C=O) groups is 2. The summed E-state index contributed by atoms with van der Waals surface area (Å²) < 4.78 is 25.3. The predicted molar refractivity (Wildman–Crippen MR) is 157 cm³/mol. The zero-order valence-electron chi connectivity index (χ0n) is 21.3. The lowest BCUT2D eigenvalue weighted by atomic mass is 10.2. The molecule has 0 saturated heterocycles. The first-order chi connectivity index (χ1) is 18.3. The fourth-order valence-electron chi connectivity index (χ4n) is 3.51. The topological polar surface area (TPSA) is 93.1 Å². The summed E-state index contributed by atoms with van der Waals surface area (Å²) in [7, 11) is 3.11. The zero-order valence-corrected chi connectivity index (χ0v) is 24.7. The van der Waals surface area contributed by atoms with E-state index in [-0.39, 0.29) is 12.7 Å². The lowest BCUT2D eigenvalue weighted by Gasteiger charge is -2.31. The molecule has 0 aliphatic rings. The van der Waals surface area contributed by atoms with E-state index in [1.165, 1.54) is 4.90 Å². The normalized spacial score (nSPS) is 12.0. The van der Waals surface area contributed by atoms with Gasteiger partial charge in [0, 0.05) is 15.5 Å². The second-order valence-corrected chi connectivity index (χ2v) is 17.1. The van der Waals surface area contributed by atoms with Gasteiger partial charge in [0.15, 0.2) is 0 Å². The number of carbonyl (C=O) groups excluding carboxylic acids is 1. The van der Waals surface area contributed by atoms with Crippen molar-refractivity contribution in [2.45, 2.75) is 34.9 Å². The van der Waals surface area contributed by atoms with Gasteiger partial charge in [-0.25, -0.2) is 4.79 Å². The fourth-order valence-corrected chi connectivity index (χ4v) is 12.3. The number of benzene rings is 3. The van der Waals surface area contributed by atoms with Gasteiger partial charge in [0.2, 0.25) is 5.55 Å². The maximum Gasteiger partial charge on any atom is 0.326 e. The Bertz CT molecular complexity index is 1220. The SMILES string of the molecule is CCC(C(=O)O)N(CP(=O)(Sc1cccc(OC)c1)Sc1cccc(OC)c1)C(=O)SCc1ccccc1. The molecule has 0 fully saturated rings. The Morgan fingerprint density at radius 1 is 0.895 bits per heavy atom. The number of hydrogen-bond donors (Lipinski definition) is 1. The maximum absolute atomic E-state index is 14.6. The van der Waals surface area contributed by atoms with Gasteiger partial charge in [0.05, 0.1) is 20.5 Å². The van der Waals surface area contributed by atoms with E-state index in [0.29, 0.717) is 27.0 Å². The minimum absolute atomic E-state index is 0.181. The highest BCUT2D eigenvalue weighted by molar-refractivity contribution is 8.90. The molecule has 3 aromatic rings. The fraction of sp³-hybridized carbons (Fsp3) is 0.259. The first-order valence-corrected chi connectivity index (χ1v) is 17.5. The third-order valence-corrected chi connectivity index (χ3v) is 13.4. The van der Waals surface area contributed by atoms with E-state index in [1.54, 1.807) is 57.5 Å². The molecule has 202 valence electrons. The summed E-state index contributed by atoms with van der Waals surface area (Å²) in [6, 6.07) is 22.7. The van der Waals surface area contributed by atoms with Crippen LogP contribution in [-0.2, 0) is 15.1 Å². The molecule has 11 heteroatoms. The van der Waals surface area contributed by atoms with Gasteiger partial charge in [-0.1, -0.05) is 61.2 Å². The molecule has 1 N–H and O–H groups in total. The molecule has 3 rings (SSSR count). The number of carboxylic acids is 1. The average Bonchev–Trinajstić information content (AvgIpc) is 2.92. The molecule has 38 heavy (non-hydrogen) atoms. The van der Waals surface area contributed by atoms with E-state index >= 15 is 0 Å². The Balaban J connectivity index is 1.96. The minimum atomic E-state index is -3.39. The van der Waals surface area contributed by atoms with Crippen molar-refractivity contribution in [3.8, 4) is 11.5 Å². The van der Waals surface area contributed by atoms with Crippen LogP contribution in [-0.4, -0.2) is 47.8 Å². The molecule has 0 bridgehead atoms. The van der Waals surface area contributed by atoms with Crippen molar-refractivity contribution in [1.82, 2.24) is 4.90 Å². The molecule has 3 aromatic carbocycles. The lowest BCUT2D eigenvalue weighted by molar-refractivity contribution is -0.141. The maximum atomic E-state index is 14.6. The molecular weight excluding hydrogens is 561 g/mol. The van der Waals surface area contributed by atoms with Crippen molar-refractivity contribution in [1.29, 1.82) is 0 Å². The Labute approximate surface area is 235 Å². The molecule has 1 unspecified atom stereocenters. The van der Waals surface area contributed by atoms with Gasteiger partial charge in [-0.15, -0.1) is 0 Å². The van der Waals surface area contributed by atoms with Gasteiger partial charge in [-0.3, -0.25) is 9.36 Å². The van der Waals surface area contributed by atoms with Crippen LogP contribution in [0.4, 0.5) is 4.79 Å². The largest absolute Gasteiger partial charge is 0.497 e. The van der Waals surface area contributed by atoms with Crippen LogP contribution in [0, 0.1) is 0 Å². The molecular formula is C27H30NO6PS3. The molecule has 0 aliphatic heterocycles. The Kier molecular flexibility index (Phi) is 11.5. The van der Waals surface area contributed by atoms with Gasteiger partial charge in [-0.05, 0) is 71.1 Å². The smallest absolute Gasteiger partial charge is 0.326 e. The summed E-state index contributed by atoms with van der Waals surface area (Å²) in [6.07, 6.45) is -0.0528. The highest BCUT2D eigenvalue weighted by atomic mass is 33.1. The van der Waals surface area contributed by atoms with E-state index in [2.05, 4.69) is 0 Å². The van der Waals surface area contributed by atoms with Gasteiger partial charge in [-0.2, -0.15) is 0 Å². The quantitative estimate of drug-likeness (QED) is 0.199. The number of aliphatic carboxylic acids is 1. The van der Waals surface area contributed by atoms with Crippen LogP contribution in [0.2, 0.25) is 0 Å². The standard InChI is InChI=1S/C27H30NO6PS3/c1-4-25(26(29)30)28(27(31)36-18-20-10-6-5-7-11-20)19-35(32,37-23-14-8-12-21(16-23)33-2)38-24-15-9-13-22(17-24)34-3/h5-17,25H,4,18-19H2,1-3H3,(H,29,30). The van der Waals surface area contributed by atoms with Crippen molar-refractivity contribution in [2.24, 2.45) is 0 Å². The molecule has 1 atom stereocenters. The number of thioether (sulfide) groups is 1. The number of methoxy groups -OCH3 is 2. The Morgan fingerprint density at radius 2 is 1.45 bits per heavy atom. The van der Waals surface area contributed by atoms with Gasteiger partial charge in [0.25, 0.3) is 5.24 Å². The molecule has 0 aromatic heterocycles. The summed E-state index contributed by atoms with van der Waals surface area (Å²) >= 11 is 3.27. The Hall–Kier alpha value is -2.52. The Morgan fingerprint density at radius 3 is 1.92 bits per heavy atom. The van der Waals surface area contributed by atoms with E-state index < -0.39 is 22.8 Å². The van der Waals surface area contributed by atoms with Crippen molar-refractivity contribution in [2.75, 3.05) is 20.5 Å². The van der Waals surface area contributed by atoms with Crippen LogP contribution < -0.4 is 9.47 Å². The van der Waals surface area contributed by atoms with E-state index in [9.17, 15) is 19.3 Å². The average molecular weight is 592 g/mol. The highest BCUT2D eigenvalue weighted by Gasteiger charge is 2.37. The second-order valence-electron chi connectivity index (χ2n) is 8.07. The summed E-state index contributed by atoms with van der Waals surface area (Å²) in [4.78, 5) is 28.3. The molecule has 0 saturated carbocycles. The molecule has 1 amide bonds. The third kappa shape index (κ3) is 8.76. The number of hydrogen-bond acceptors (Lipinski definition) is 8. The van der Waals surface area contributed by atoms with Crippen molar-refractivity contribution in [3.63, 3.8) is 0 Å². The van der Waals surface area contributed by atoms with Crippen LogP contribution >= 0.6 is 40.1 Å². The van der Waals surface area contributed by atoms with Gasteiger partial charge < -0.3 is 19.5 Å². The lowest BCUT2D eigenvalue weighted by Crippen LogP contribution is -2.43. The number of carboxylic acid groups (broad SMARTS) is 1. The molecule has 0 spiro atoms. The van der Waals surface area contributed by atoms with Crippen molar-refractivity contribution < 1.29 is 28.7 Å². The van der Waals surface area contributed by atoms with Gasteiger partial charge in [0.1, 0.15) is 17.5 Å². The van der Waals surface area contributed by atoms with Crippen LogP contribution in [0.1, 0.15) is 18.9 Å². The van der Waals surface area contributed by atoms with Crippen molar-refractivity contribution in [3.05, 3.63) is 84.4 Å². The first-order valence-electron chi connectivity index (χ1n) is 11.7. The summed E-state index contributed by atoms with van der Waals surface area (Å²) in [5.41, 5.74) is -2.45.